The lowest BCUT2D eigenvalue weighted by molar-refractivity contribution is -0.109. The van der Waals surface area contributed by atoms with E-state index in [9.17, 15) is 24.1 Å². The SMILES string of the molecule is CC(=O)SCCOP(=O)(OC[C@H]1O[C@@H](n2ccc(O)nc2=O)[C@@]2(C)OC(=O)OC12)N(C)C. The Hall–Kier alpha value is -1.96. The molecule has 3 rings (SSSR count). The zero-order valence-electron chi connectivity index (χ0n) is 17.8. The molecular weight excluding hydrogens is 469 g/mol. The summed E-state index contributed by atoms with van der Waals surface area (Å²) in [5, 5.41) is 9.31. The Morgan fingerprint density at radius 1 is 1.41 bits per heavy atom. The topological polar surface area (TPSA) is 156 Å². The largest absolute Gasteiger partial charge is 0.509 e. The summed E-state index contributed by atoms with van der Waals surface area (Å²) < 4.78 is 42.8. The van der Waals surface area contributed by atoms with E-state index in [4.69, 9.17) is 23.3 Å². The Morgan fingerprint density at radius 3 is 2.75 bits per heavy atom. The van der Waals surface area contributed by atoms with Crippen LogP contribution in [0.15, 0.2) is 17.1 Å². The number of thioether (sulfide) groups is 1. The molecule has 0 bridgehead atoms. The third-order valence-electron chi connectivity index (χ3n) is 4.83. The van der Waals surface area contributed by atoms with Gasteiger partial charge in [0.25, 0.3) is 0 Å². The quantitative estimate of drug-likeness (QED) is 0.297. The highest BCUT2D eigenvalue weighted by molar-refractivity contribution is 8.13. The van der Waals surface area contributed by atoms with Gasteiger partial charge in [0, 0.05) is 24.9 Å². The molecule has 2 saturated heterocycles. The van der Waals surface area contributed by atoms with E-state index >= 15 is 0 Å². The lowest BCUT2D eigenvalue weighted by Gasteiger charge is -2.26. The summed E-state index contributed by atoms with van der Waals surface area (Å²) >= 11 is 1.03. The van der Waals surface area contributed by atoms with Gasteiger partial charge in [-0.3, -0.25) is 18.4 Å². The van der Waals surface area contributed by atoms with Crippen molar-refractivity contribution in [2.24, 2.45) is 0 Å². The molecule has 2 unspecified atom stereocenters. The molecule has 2 aliphatic heterocycles. The standard InChI is InChI=1S/C17H24N3O10PS/c1-10(21)32-8-7-26-31(25,19(3)4)27-9-11-13-17(2,30-16(24)29-13)14(28-11)20-6-5-12(22)18-15(20)23/h5-6,11,13-14H,7-9H2,1-4H3,(H,18,22,23)/t11-,13?,14-,17+,31?/m1/s1. The molecule has 178 valence electrons. The zero-order valence-corrected chi connectivity index (χ0v) is 19.5. The molecule has 2 aliphatic rings. The second-order valence-electron chi connectivity index (χ2n) is 7.36. The summed E-state index contributed by atoms with van der Waals surface area (Å²) in [4.78, 5) is 38.6. The van der Waals surface area contributed by atoms with Crippen LogP contribution in [0.3, 0.4) is 0 Å². The van der Waals surface area contributed by atoms with Gasteiger partial charge in [-0.05, 0) is 21.0 Å². The Kier molecular flexibility index (Phi) is 7.32. The summed E-state index contributed by atoms with van der Waals surface area (Å²) in [5.41, 5.74) is -2.24. The van der Waals surface area contributed by atoms with E-state index in [0.717, 1.165) is 16.3 Å². The summed E-state index contributed by atoms with van der Waals surface area (Å²) in [7, 11) is -0.748. The number of aromatic nitrogens is 2. The molecule has 0 aromatic carbocycles. The van der Waals surface area contributed by atoms with E-state index < -0.39 is 49.5 Å². The molecule has 1 N–H and O–H groups in total. The maximum absolute atomic E-state index is 13.1. The van der Waals surface area contributed by atoms with Crippen molar-refractivity contribution in [3.63, 3.8) is 0 Å². The van der Waals surface area contributed by atoms with Crippen LogP contribution in [0, 0.1) is 0 Å². The van der Waals surface area contributed by atoms with Crippen molar-refractivity contribution in [1.82, 2.24) is 14.2 Å². The first-order valence-corrected chi connectivity index (χ1v) is 12.0. The molecule has 3 heterocycles. The number of aromatic hydroxyl groups is 1. The van der Waals surface area contributed by atoms with Crippen LogP contribution < -0.4 is 5.69 Å². The van der Waals surface area contributed by atoms with E-state index in [1.54, 1.807) is 0 Å². The second kappa shape index (κ2) is 9.49. The van der Waals surface area contributed by atoms with Gasteiger partial charge in [0.15, 0.2) is 23.0 Å². The van der Waals surface area contributed by atoms with Gasteiger partial charge in [0.1, 0.15) is 6.10 Å². The number of ether oxygens (including phenoxy) is 3. The minimum absolute atomic E-state index is 0.00165. The molecule has 1 aromatic rings. The van der Waals surface area contributed by atoms with Gasteiger partial charge in [-0.25, -0.2) is 18.8 Å². The number of hydrogen-bond acceptors (Lipinski definition) is 12. The fourth-order valence-corrected chi connectivity index (χ4v) is 5.09. The van der Waals surface area contributed by atoms with Crippen LogP contribution in [0.4, 0.5) is 4.79 Å². The number of rotatable bonds is 9. The average Bonchev–Trinajstić information content (AvgIpc) is 3.13. The van der Waals surface area contributed by atoms with Gasteiger partial charge in [-0.15, -0.1) is 0 Å². The molecule has 0 amide bonds. The first kappa shape index (κ1) is 24.7. The smallest absolute Gasteiger partial charge is 0.493 e. The first-order valence-electron chi connectivity index (χ1n) is 9.50. The van der Waals surface area contributed by atoms with Crippen LogP contribution in [0.25, 0.3) is 0 Å². The van der Waals surface area contributed by atoms with E-state index in [2.05, 4.69) is 4.98 Å². The maximum Gasteiger partial charge on any atom is 0.509 e. The molecule has 5 atom stereocenters. The summed E-state index contributed by atoms with van der Waals surface area (Å²) in [6.07, 6.45) is -2.79. The fourth-order valence-electron chi connectivity index (χ4n) is 3.31. The van der Waals surface area contributed by atoms with Crippen molar-refractivity contribution in [2.75, 3.05) is 33.1 Å². The third-order valence-corrected chi connectivity index (χ3v) is 7.57. The molecule has 0 aliphatic carbocycles. The molecule has 2 fully saturated rings. The van der Waals surface area contributed by atoms with Crippen LogP contribution in [-0.2, 0) is 32.6 Å². The maximum atomic E-state index is 13.1. The number of fused-ring (bicyclic) bond motifs is 1. The number of carbonyl (C=O) groups excluding carboxylic acids is 2. The number of nitrogens with zero attached hydrogens (tertiary/aromatic N) is 3. The lowest BCUT2D eigenvalue weighted by atomic mass is 9.96. The predicted octanol–water partition coefficient (Wildman–Crippen LogP) is 1.12. The van der Waals surface area contributed by atoms with E-state index in [1.807, 2.05) is 0 Å². The van der Waals surface area contributed by atoms with Gasteiger partial charge >= 0.3 is 19.6 Å². The van der Waals surface area contributed by atoms with Gasteiger partial charge in [-0.1, -0.05) is 11.8 Å². The third kappa shape index (κ3) is 5.00. The Balaban J connectivity index is 1.76. The van der Waals surface area contributed by atoms with Crippen molar-refractivity contribution in [2.45, 2.75) is 37.9 Å². The van der Waals surface area contributed by atoms with Gasteiger partial charge in [0.2, 0.25) is 5.88 Å². The summed E-state index contributed by atoms with van der Waals surface area (Å²) in [6.45, 7) is 2.62. The van der Waals surface area contributed by atoms with E-state index in [0.29, 0.717) is 5.75 Å². The lowest BCUT2D eigenvalue weighted by Crippen LogP contribution is -2.44. The van der Waals surface area contributed by atoms with Crippen LogP contribution in [0.2, 0.25) is 0 Å². The zero-order chi connectivity index (χ0) is 23.7. The molecule has 1 aromatic heterocycles. The van der Waals surface area contributed by atoms with E-state index in [-0.39, 0.29) is 18.3 Å². The van der Waals surface area contributed by atoms with Crippen LogP contribution in [0.5, 0.6) is 5.88 Å². The van der Waals surface area contributed by atoms with Gasteiger partial charge in [-0.2, -0.15) is 4.98 Å². The summed E-state index contributed by atoms with van der Waals surface area (Å²) in [5.74, 6) is -0.181. The monoisotopic (exact) mass is 493 g/mol. The highest BCUT2D eigenvalue weighted by atomic mass is 32.2. The average molecular weight is 493 g/mol. The fraction of sp³-hybridized carbons (Fsp3) is 0.647. The summed E-state index contributed by atoms with van der Waals surface area (Å²) in [6, 6.07) is 1.18. The van der Waals surface area contributed by atoms with E-state index in [1.165, 1.54) is 44.9 Å². The van der Waals surface area contributed by atoms with Crippen molar-refractivity contribution >= 4 is 30.8 Å². The van der Waals surface area contributed by atoms with Crippen molar-refractivity contribution in [3.05, 3.63) is 22.7 Å². The molecule has 0 radical (unpaired) electrons. The molecule has 15 heteroatoms. The molecule has 0 spiro atoms. The Labute approximate surface area is 187 Å². The van der Waals surface area contributed by atoms with Crippen molar-refractivity contribution in [1.29, 1.82) is 0 Å². The molecule has 13 nitrogen and oxygen atoms in total. The molecule has 0 saturated carbocycles. The van der Waals surface area contributed by atoms with Crippen LogP contribution in [0.1, 0.15) is 20.1 Å². The number of hydrogen-bond donors (Lipinski definition) is 1. The molecule has 32 heavy (non-hydrogen) atoms. The van der Waals surface area contributed by atoms with Crippen molar-refractivity contribution in [3.8, 4) is 5.88 Å². The minimum atomic E-state index is -3.75. The Bertz CT molecular complexity index is 988. The minimum Gasteiger partial charge on any atom is -0.493 e. The van der Waals surface area contributed by atoms with Crippen LogP contribution >= 0.6 is 19.5 Å². The highest BCUT2D eigenvalue weighted by Crippen LogP contribution is 2.52. The first-order chi connectivity index (χ1) is 15.0. The van der Waals surface area contributed by atoms with Crippen molar-refractivity contribution < 1.29 is 42.5 Å². The Morgan fingerprint density at radius 2 is 2.12 bits per heavy atom. The molecular formula is C17H24N3O10PS. The second-order valence-corrected chi connectivity index (χ2v) is 10.9. The highest BCUT2D eigenvalue weighted by Gasteiger charge is 2.64. The van der Waals surface area contributed by atoms with Gasteiger partial charge in [0.05, 0.1) is 13.2 Å². The number of carbonyl (C=O) groups is 2. The normalized spacial score (nSPS) is 28.8. The van der Waals surface area contributed by atoms with Crippen LogP contribution in [-0.4, -0.2) is 81.5 Å². The predicted molar refractivity (Wildman–Crippen MR) is 110 cm³/mol. The van der Waals surface area contributed by atoms with Gasteiger partial charge < -0.3 is 19.3 Å².